The number of benzene rings is 1. The summed E-state index contributed by atoms with van der Waals surface area (Å²) < 4.78 is 42.8. The van der Waals surface area contributed by atoms with E-state index in [0.29, 0.717) is 0 Å². The first-order chi connectivity index (χ1) is 9.45. The number of alkyl halides is 3. The van der Waals surface area contributed by atoms with Gasteiger partial charge in [0.2, 0.25) is 0 Å². The normalized spacial score (nSPS) is 16.8. The molecule has 1 aliphatic rings. The van der Waals surface area contributed by atoms with Gasteiger partial charge in [0, 0.05) is 5.69 Å². The zero-order valence-electron chi connectivity index (χ0n) is 10.9. The maximum Gasteiger partial charge on any atom is 0.416 e. The van der Waals surface area contributed by atoms with Crippen LogP contribution in [0.4, 0.5) is 23.7 Å². The summed E-state index contributed by atoms with van der Waals surface area (Å²) in [5.41, 5.74) is -0.714. The van der Waals surface area contributed by atoms with Crippen LogP contribution >= 0.6 is 0 Å². The van der Waals surface area contributed by atoms with Gasteiger partial charge in [-0.05, 0) is 43.9 Å². The lowest BCUT2D eigenvalue weighted by atomic mass is 9.98. The maximum absolute atomic E-state index is 12.5. The van der Waals surface area contributed by atoms with E-state index in [1.54, 1.807) is 0 Å². The first-order valence-corrected chi connectivity index (χ1v) is 6.60. The SMILES string of the molecule is O=C(Nc1cccc(C(F)(F)F)c1)OC1CCCCC1. The van der Waals surface area contributed by atoms with Crippen LogP contribution in [0.1, 0.15) is 37.7 Å². The van der Waals surface area contributed by atoms with Gasteiger partial charge in [-0.15, -0.1) is 0 Å². The van der Waals surface area contributed by atoms with Crippen molar-refractivity contribution in [3.63, 3.8) is 0 Å². The smallest absolute Gasteiger partial charge is 0.416 e. The Kier molecular flexibility index (Phi) is 4.52. The third-order valence-corrected chi connectivity index (χ3v) is 3.26. The summed E-state index contributed by atoms with van der Waals surface area (Å²) in [5.74, 6) is 0. The minimum Gasteiger partial charge on any atom is -0.446 e. The third-order valence-electron chi connectivity index (χ3n) is 3.26. The van der Waals surface area contributed by atoms with Crippen LogP contribution in [0.15, 0.2) is 24.3 Å². The summed E-state index contributed by atoms with van der Waals surface area (Å²) in [5, 5.41) is 2.34. The van der Waals surface area contributed by atoms with Gasteiger partial charge >= 0.3 is 12.3 Å². The number of halogens is 3. The standard InChI is InChI=1S/C14H16F3NO2/c15-14(16,17)10-5-4-6-11(9-10)18-13(19)20-12-7-2-1-3-8-12/h4-6,9,12H,1-3,7-8H2,(H,18,19). The first-order valence-electron chi connectivity index (χ1n) is 6.60. The highest BCUT2D eigenvalue weighted by Gasteiger charge is 2.30. The Labute approximate surface area is 115 Å². The summed E-state index contributed by atoms with van der Waals surface area (Å²) in [6, 6.07) is 4.50. The summed E-state index contributed by atoms with van der Waals surface area (Å²) in [6.45, 7) is 0. The fraction of sp³-hybridized carbons (Fsp3) is 0.500. The minimum atomic E-state index is -4.43. The van der Waals surface area contributed by atoms with Crippen LogP contribution in [0.5, 0.6) is 0 Å². The molecule has 110 valence electrons. The second-order valence-electron chi connectivity index (χ2n) is 4.87. The van der Waals surface area contributed by atoms with Crippen LogP contribution in [0, 0.1) is 0 Å². The second kappa shape index (κ2) is 6.15. The number of rotatable bonds is 2. The summed E-state index contributed by atoms with van der Waals surface area (Å²) in [6.07, 6.45) is -0.458. The molecule has 0 unspecified atom stereocenters. The van der Waals surface area contributed by atoms with E-state index in [2.05, 4.69) is 5.32 Å². The predicted octanol–water partition coefficient (Wildman–Crippen LogP) is 4.59. The number of hydrogen-bond acceptors (Lipinski definition) is 2. The molecule has 0 bridgehead atoms. The Morgan fingerprint density at radius 2 is 1.90 bits per heavy atom. The minimum absolute atomic E-state index is 0.0839. The molecule has 2 rings (SSSR count). The number of carbonyl (C=O) groups excluding carboxylic acids is 1. The van der Waals surface area contributed by atoms with E-state index >= 15 is 0 Å². The highest BCUT2D eigenvalue weighted by molar-refractivity contribution is 5.84. The van der Waals surface area contributed by atoms with Crippen molar-refractivity contribution in [3.8, 4) is 0 Å². The Morgan fingerprint density at radius 3 is 2.55 bits per heavy atom. The molecular formula is C14H16F3NO2. The van der Waals surface area contributed by atoms with Crippen molar-refractivity contribution in [2.75, 3.05) is 5.32 Å². The van der Waals surface area contributed by atoms with Gasteiger partial charge in [0.15, 0.2) is 0 Å². The number of hydrogen-bond donors (Lipinski definition) is 1. The average molecular weight is 287 g/mol. The van der Waals surface area contributed by atoms with Gasteiger partial charge in [-0.25, -0.2) is 4.79 Å². The molecule has 0 spiro atoms. The average Bonchev–Trinajstić information content (AvgIpc) is 2.39. The van der Waals surface area contributed by atoms with Crippen molar-refractivity contribution in [2.24, 2.45) is 0 Å². The maximum atomic E-state index is 12.5. The van der Waals surface area contributed by atoms with Crippen LogP contribution in [0.3, 0.4) is 0 Å². The van der Waals surface area contributed by atoms with Crippen LogP contribution in [-0.2, 0) is 10.9 Å². The number of amides is 1. The third kappa shape index (κ3) is 4.15. The van der Waals surface area contributed by atoms with Crippen LogP contribution in [-0.4, -0.2) is 12.2 Å². The lowest BCUT2D eigenvalue weighted by molar-refractivity contribution is -0.137. The Bertz CT molecular complexity index is 468. The van der Waals surface area contributed by atoms with E-state index in [1.807, 2.05) is 0 Å². The molecule has 20 heavy (non-hydrogen) atoms. The molecule has 0 atom stereocenters. The van der Waals surface area contributed by atoms with Crippen LogP contribution in [0.2, 0.25) is 0 Å². The molecule has 1 saturated carbocycles. The molecule has 6 heteroatoms. The van der Waals surface area contributed by atoms with E-state index in [4.69, 9.17) is 4.74 Å². The van der Waals surface area contributed by atoms with Crippen molar-refractivity contribution < 1.29 is 22.7 Å². The zero-order valence-corrected chi connectivity index (χ0v) is 10.9. The van der Waals surface area contributed by atoms with E-state index in [1.165, 1.54) is 12.1 Å². The van der Waals surface area contributed by atoms with E-state index in [-0.39, 0.29) is 11.8 Å². The van der Waals surface area contributed by atoms with Gasteiger partial charge in [-0.1, -0.05) is 12.5 Å². The molecule has 1 aliphatic carbocycles. The summed E-state index contributed by atoms with van der Waals surface area (Å²) in [7, 11) is 0. The molecule has 0 radical (unpaired) electrons. The molecule has 1 amide bonds. The fourth-order valence-electron chi connectivity index (χ4n) is 2.25. The summed E-state index contributed by atoms with van der Waals surface area (Å²) in [4.78, 5) is 11.6. The quantitative estimate of drug-likeness (QED) is 0.864. The van der Waals surface area contributed by atoms with Gasteiger partial charge < -0.3 is 4.74 Å². The van der Waals surface area contributed by atoms with Crippen LogP contribution < -0.4 is 5.32 Å². The van der Waals surface area contributed by atoms with Gasteiger partial charge in [-0.3, -0.25) is 5.32 Å². The Morgan fingerprint density at radius 1 is 1.20 bits per heavy atom. The predicted molar refractivity (Wildman–Crippen MR) is 68.4 cm³/mol. The molecule has 3 nitrogen and oxygen atoms in total. The molecule has 0 saturated heterocycles. The van der Waals surface area contributed by atoms with Crippen molar-refractivity contribution >= 4 is 11.8 Å². The number of nitrogens with one attached hydrogen (secondary N) is 1. The Balaban J connectivity index is 1.93. The first kappa shape index (κ1) is 14.7. The number of anilines is 1. The van der Waals surface area contributed by atoms with Crippen molar-refractivity contribution in [1.29, 1.82) is 0 Å². The van der Waals surface area contributed by atoms with E-state index in [0.717, 1.165) is 44.2 Å². The number of carbonyl (C=O) groups is 1. The molecular weight excluding hydrogens is 271 g/mol. The fourth-order valence-corrected chi connectivity index (χ4v) is 2.25. The molecule has 0 heterocycles. The largest absolute Gasteiger partial charge is 0.446 e. The topological polar surface area (TPSA) is 38.3 Å². The zero-order chi connectivity index (χ0) is 14.6. The lowest BCUT2D eigenvalue weighted by Gasteiger charge is -2.22. The van der Waals surface area contributed by atoms with Gasteiger partial charge in [0.1, 0.15) is 6.10 Å². The van der Waals surface area contributed by atoms with Crippen molar-refractivity contribution in [2.45, 2.75) is 44.4 Å². The molecule has 1 N–H and O–H groups in total. The second-order valence-corrected chi connectivity index (χ2v) is 4.87. The molecule has 0 aliphatic heterocycles. The molecule has 1 aromatic carbocycles. The molecule has 0 aromatic heterocycles. The highest BCUT2D eigenvalue weighted by Crippen LogP contribution is 2.30. The van der Waals surface area contributed by atoms with Gasteiger partial charge in [-0.2, -0.15) is 13.2 Å². The van der Waals surface area contributed by atoms with Gasteiger partial charge in [0.05, 0.1) is 5.56 Å². The van der Waals surface area contributed by atoms with Crippen LogP contribution in [0.25, 0.3) is 0 Å². The summed E-state index contributed by atoms with van der Waals surface area (Å²) >= 11 is 0. The molecule has 1 aromatic rings. The monoisotopic (exact) mass is 287 g/mol. The van der Waals surface area contributed by atoms with Crippen molar-refractivity contribution in [3.05, 3.63) is 29.8 Å². The molecule has 1 fully saturated rings. The number of ether oxygens (including phenoxy) is 1. The van der Waals surface area contributed by atoms with Gasteiger partial charge in [0.25, 0.3) is 0 Å². The lowest BCUT2D eigenvalue weighted by Crippen LogP contribution is -2.24. The van der Waals surface area contributed by atoms with E-state index in [9.17, 15) is 18.0 Å². The van der Waals surface area contributed by atoms with E-state index < -0.39 is 17.8 Å². The Hall–Kier alpha value is -1.72. The highest BCUT2D eigenvalue weighted by atomic mass is 19.4. The van der Waals surface area contributed by atoms with Crippen molar-refractivity contribution in [1.82, 2.24) is 0 Å².